The molecule has 2 aromatic rings. The number of aromatic nitrogens is 4. The van der Waals surface area contributed by atoms with Crippen LogP contribution in [0.5, 0.6) is 0 Å². The Bertz CT molecular complexity index is 576. The number of rotatable bonds is 3. The van der Waals surface area contributed by atoms with E-state index in [1.54, 1.807) is 6.20 Å². The minimum absolute atomic E-state index is 0.515. The second-order valence-electron chi connectivity index (χ2n) is 5.77. The van der Waals surface area contributed by atoms with E-state index in [1.165, 1.54) is 6.42 Å². The van der Waals surface area contributed by atoms with Crippen LogP contribution in [0.1, 0.15) is 37.7 Å². The van der Waals surface area contributed by atoms with Crippen LogP contribution in [0.2, 0.25) is 0 Å². The fraction of sp³-hybridized carbons (Fsp3) is 0.533. The summed E-state index contributed by atoms with van der Waals surface area (Å²) in [6.07, 6.45) is 2.93. The molecule has 0 aromatic carbocycles. The van der Waals surface area contributed by atoms with Crippen molar-refractivity contribution in [1.82, 2.24) is 25.1 Å². The van der Waals surface area contributed by atoms with E-state index >= 15 is 0 Å². The largest absolute Gasteiger partial charge is 0.300 e. The third-order valence-corrected chi connectivity index (χ3v) is 4.00. The van der Waals surface area contributed by atoms with Gasteiger partial charge in [-0.05, 0) is 45.9 Å². The second kappa shape index (κ2) is 5.32. The van der Waals surface area contributed by atoms with Gasteiger partial charge in [0, 0.05) is 30.4 Å². The Morgan fingerprint density at radius 1 is 1.35 bits per heavy atom. The Kier molecular flexibility index (Phi) is 3.53. The van der Waals surface area contributed by atoms with Gasteiger partial charge in [0.2, 0.25) is 0 Å². The summed E-state index contributed by atoms with van der Waals surface area (Å²) in [5.74, 6) is 1.34. The van der Waals surface area contributed by atoms with Crippen molar-refractivity contribution >= 4 is 0 Å². The molecule has 0 aliphatic carbocycles. The Labute approximate surface area is 119 Å². The van der Waals surface area contributed by atoms with Crippen LogP contribution in [-0.4, -0.2) is 44.2 Å². The highest BCUT2D eigenvalue weighted by Gasteiger charge is 2.27. The molecule has 1 unspecified atom stereocenters. The quantitative estimate of drug-likeness (QED) is 0.931. The maximum Gasteiger partial charge on any atom is 0.126 e. The van der Waals surface area contributed by atoms with Gasteiger partial charge in [0.25, 0.3) is 0 Å². The third-order valence-electron chi connectivity index (χ3n) is 4.00. The molecule has 2 aromatic heterocycles. The highest BCUT2D eigenvalue weighted by Crippen LogP contribution is 2.28. The summed E-state index contributed by atoms with van der Waals surface area (Å²) < 4.78 is 0. The number of nitrogens with zero attached hydrogens (tertiary/aromatic N) is 4. The molecular weight excluding hydrogens is 250 g/mol. The molecule has 5 nitrogen and oxygen atoms in total. The first-order valence-electron chi connectivity index (χ1n) is 7.23. The fourth-order valence-electron chi connectivity index (χ4n) is 2.83. The summed E-state index contributed by atoms with van der Waals surface area (Å²) in [4.78, 5) is 11.7. The van der Waals surface area contributed by atoms with Gasteiger partial charge in [0.15, 0.2) is 0 Å². The topological polar surface area (TPSA) is 57.7 Å². The average molecular weight is 271 g/mol. The lowest BCUT2D eigenvalue weighted by Crippen LogP contribution is -2.28. The number of nitrogens with one attached hydrogen (secondary N) is 1. The fourth-order valence-corrected chi connectivity index (χ4v) is 2.83. The Morgan fingerprint density at radius 3 is 2.85 bits per heavy atom. The Morgan fingerprint density at radius 2 is 2.20 bits per heavy atom. The standard InChI is InChI=1S/C15H21N5/c1-10(2)20-7-5-12(9-20)14-8-15(18-11(3)17-14)13-4-6-16-19-13/h4,6,8,10,12H,5,7,9H2,1-3H3,(H,16,19). The van der Waals surface area contributed by atoms with Gasteiger partial charge in [-0.2, -0.15) is 5.10 Å². The van der Waals surface area contributed by atoms with E-state index in [4.69, 9.17) is 0 Å². The van der Waals surface area contributed by atoms with Gasteiger partial charge in [-0.3, -0.25) is 5.10 Å². The molecular formula is C15H21N5. The molecule has 1 N–H and O–H groups in total. The lowest BCUT2D eigenvalue weighted by atomic mass is 10.0. The van der Waals surface area contributed by atoms with E-state index in [1.807, 2.05) is 13.0 Å². The number of H-pyrrole nitrogens is 1. The molecule has 1 fully saturated rings. The van der Waals surface area contributed by atoms with Gasteiger partial charge < -0.3 is 4.90 Å². The normalized spacial score (nSPS) is 19.9. The smallest absolute Gasteiger partial charge is 0.126 e. The van der Waals surface area contributed by atoms with Crippen molar-refractivity contribution in [3.63, 3.8) is 0 Å². The first kappa shape index (κ1) is 13.2. The van der Waals surface area contributed by atoms with E-state index in [9.17, 15) is 0 Å². The zero-order valence-electron chi connectivity index (χ0n) is 12.3. The van der Waals surface area contributed by atoms with E-state index < -0.39 is 0 Å². The summed E-state index contributed by atoms with van der Waals surface area (Å²) in [5, 5.41) is 6.97. The summed E-state index contributed by atoms with van der Waals surface area (Å²) in [6.45, 7) is 8.72. The van der Waals surface area contributed by atoms with Crippen molar-refractivity contribution in [3.05, 3.63) is 29.8 Å². The summed E-state index contributed by atoms with van der Waals surface area (Å²) in [5.41, 5.74) is 3.05. The van der Waals surface area contributed by atoms with Crippen LogP contribution < -0.4 is 0 Å². The van der Waals surface area contributed by atoms with Gasteiger partial charge in [-0.1, -0.05) is 0 Å². The van der Waals surface area contributed by atoms with Crippen molar-refractivity contribution in [2.75, 3.05) is 13.1 Å². The molecule has 0 bridgehead atoms. The Hall–Kier alpha value is -1.75. The van der Waals surface area contributed by atoms with E-state index in [-0.39, 0.29) is 0 Å². The van der Waals surface area contributed by atoms with Gasteiger partial charge >= 0.3 is 0 Å². The number of hydrogen-bond donors (Lipinski definition) is 1. The first-order chi connectivity index (χ1) is 9.63. The molecule has 0 saturated carbocycles. The molecule has 20 heavy (non-hydrogen) atoms. The van der Waals surface area contributed by atoms with Crippen LogP contribution in [0, 0.1) is 6.92 Å². The first-order valence-corrected chi connectivity index (χ1v) is 7.23. The SMILES string of the molecule is Cc1nc(-c2ccn[nH]2)cc(C2CCN(C(C)C)C2)n1. The van der Waals surface area contributed by atoms with Crippen LogP contribution in [0.4, 0.5) is 0 Å². The van der Waals surface area contributed by atoms with Crippen molar-refractivity contribution in [3.8, 4) is 11.4 Å². The van der Waals surface area contributed by atoms with Gasteiger partial charge in [0.1, 0.15) is 5.82 Å². The van der Waals surface area contributed by atoms with Crippen LogP contribution in [0.3, 0.4) is 0 Å². The number of hydrogen-bond acceptors (Lipinski definition) is 4. The van der Waals surface area contributed by atoms with Crippen molar-refractivity contribution in [1.29, 1.82) is 0 Å². The van der Waals surface area contributed by atoms with E-state index in [2.05, 4.69) is 45.0 Å². The predicted octanol–water partition coefficient (Wildman–Crippen LogP) is 2.37. The highest BCUT2D eigenvalue weighted by atomic mass is 15.2. The molecule has 5 heteroatoms. The maximum absolute atomic E-state index is 4.65. The molecule has 3 rings (SSSR count). The molecule has 1 aliphatic rings. The molecule has 1 saturated heterocycles. The van der Waals surface area contributed by atoms with Crippen molar-refractivity contribution in [2.45, 2.75) is 39.2 Å². The minimum atomic E-state index is 0.515. The molecule has 0 amide bonds. The highest BCUT2D eigenvalue weighted by molar-refractivity contribution is 5.53. The zero-order valence-corrected chi connectivity index (χ0v) is 12.3. The van der Waals surface area contributed by atoms with Gasteiger partial charge in [0.05, 0.1) is 11.4 Å². The summed E-state index contributed by atoms with van der Waals surface area (Å²) in [7, 11) is 0. The van der Waals surface area contributed by atoms with Crippen LogP contribution >= 0.6 is 0 Å². The molecule has 106 valence electrons. The maximum atomic E-state index is 4.65. The monoisotopic (exact) mass is 271 g/mol. The van der Waals surface area contributed by atoms with Gasteiger partial charge in [-0.25, -0.2) is 9.97 Å². The molecule has 1 aliphatic heterocycles. The van der Waals surface area contributed by atoms with E-state index in [0.29, 0.717) is 12.0 Å². The lowest BCUT2D eigenvalue weighted by Gasteiger charge is -2.20. The van der Waals surface area contributed by atoms with Gasteiger partial charge in [-0.15, -0.1) is 0 Å². The Balaban J connectivity index is 1.87. The van der Waals surface area contributed by atoms with Crippen LogP contribution in [0.15, 0.2) is 18.3 Å². The number of likely N-dealkylation sites (tertiary alicyclic amines) is 1. The third kappa shape index (κ3) is 2.58. The number of aromatic amines is 1. The van der Waals surface area contributed by atoms with E-state index in [0.717, 1.165) is 36.0 Å². The lowest BCUT2D eigenvalue weighted by molar-refractivity contribution is 0.272. The molecule has 0 spiro atoms. The van der Waals surface area contributed by atoms with Crippen molar-refractivity contribution in [2.24, 2.45) is 0 Å². The summed E-state index contributed by atoms with van der Waals surface area (Å²) >= 11 is 0. The molecule has 0 radical (unpaired) electrons. The zero-order chi connectivity index (χ0) is 14.1. The minimum Gasteiger partial charge on any atom is -0.300 e. The number of aryl methyl sites for hydroxylation is 1. The van der Waals surface area contributed by atoms with Crippen LogP contribution in [0.25, 0.3) is 11.4 Å². The van der Waals surface area contributed by atoms with Crippen molar-refractivity contribution < 1.29 is 0 Å². The molecule has 1 atom stereocenters. The van der Waals surface area contributed by atoms with Crippen LogP contribution in [-0.2, 0) is 0 Å². The summed E-state index contributed by atoms with van der Waals surface area (Å²) in [6, 6.07) is 4.66. The average Bonchev–Trinajstić information content (AvgIpc) is 3.10. The predicted molar refractivity (Wildman–Crippen MR) is 78.4 cm³/mol. The second-order valence-corrected chi connectivity index (χ2v) is 5.77. The molecule has 3 heterocycles.